The lowest BCUT2D eigenvalue weighted by atomic mass is 9.84. The Kier molecular flexibility index (Phi) is 8.59. The molecule has 4 heteroatoms. The highest BCUT2D eigenvalue weighted by Gasteiger charge is 2.32. The van der Waals surface area contributed by atoms with E-state index in [9.17, 15) is 0 Å². The summed E-state index contributed by atoms with van der Waals surface area (Å²) in [7, 11) is 1.69. The standard InChI is InChI=1S/C14H29NO3/c1-3-15-13-14(7-5-4-6-8-14)18-12-11-17-10-9-16-2/h15H,3-13H2,1-2H3. The van der Waals surface area contributed by atoms with Gasteiger partial charge in [0.15, 0.2) is 0 Å². The van der Waals surface area contributed by atoms with Gasteiger partial charge in [-0.05, 0) is 19.4 Å². The molecule has 0 amide bonds. The largest absolute Gasteiger partial charge is 0.382 e. The number of methoxy groups -OCH3 is 1. The van der Waals surface area contributed by atoms with Crippen LogP contribution in [0.3, 0.4) is 0 Å². The monoisotopic (exact) mass is 259 g/mol. The average molecular weight is 259 g/mol. The number of nitrogens with one attached hydrogen (secondary N) is 1. The van der Waals surface area contributed by atoms with Crippen LogP contribution in [0.4, 0.5) is 0 Å². The summed E-state index contributed by atoms with van der Waals surface area (Å²) in [6, 6.07) is 0. The van der Waals surface area contributed by atoms with E-state index in [1.165, 1.54) is 32.1 Å². The van der Waals surface area contributed by atoms with Crippen LogP contribution in [0.1, 0.15) is 39.0 Å². The van der Waals surface area contributed by atoms with E-state index in [-0.39, 0.29) is 5.60 Å². The molecular weight excluding hydrogens is 230 g/mol. The number of likely N-dealkylation sites (N-methyl/N-ethyl adjacent to an activating group) is 1. The highest BCUT2D eigenvalue weighted by molar-refractivity contribution is 4.86. The van der Waals surface area contributed by atoms with Crippen LogP contribution < -0.4 is 5.32 Å². The van der Waals surface area contributed by atoms with Gasteiger partial charge in [-0.25, -0.2) is 0 Å². The number of hydrogen-bond donors (Lipinski definition) is 1. The lowest BCUT2D eigenvalue weighted by Gasteiger charge is -2.37. The van der Waals surface area contributed by atoms with Crippen molar-refractivity contribution < 1.29 is 14.2 Å². The van der Waals surface area contributed by atoms with E-state index in [1.54, 1.807) is 7.11 Å². The van der Waals surface area contributed by atoms with Crippen LogP contribution in [-0.4, -0.2) is 52.2 Å². The van der Waals surface area contributed by atoms with E-state index < -0.39 is 0 Å². The first kappa shape index (κ1) is 15.9. The summed E-state index contributed by atoms with van der Waals surface area (Å²) in [5, 5.41) is 3.43. The Morgan fingerprint density at radius 1 is 1.00 bits per heavy atom. The van der Waals surface area contributed by atoms with Crippen molar-refractivity contribution in [3.05, 3.63) is 0 Å². The first-order valence-corrected chi connectivity index (χ1v) is 7.24. The maximum atomic E-state index is 6.12. The van der Waals surface area contributed by atoms with Gasteiger partial charge in [0.05, 0.1) is 32.0 Å². The SMILES string of the molecule is CCNCC1(OCCOCCOC)CCCCC1. The Morgan fingerprint density at radius 3 is 2.39 bits per heavy atom. The van der Waals surface area contributed by atoms with Gasteiger partial charge >= 0.3 is 0 Å². The molecule has 1 N–H and O–H groups in total. The molecule has 1 saturated carbocycles. The molecule has 0 radical (unpaired) electrons. The molecule has 4 nitrogen and oxygen atoms in total. The molecule has 18 heavy (non-hydrogen) atoms. The van der Waals surface area contributed by atoms with Crippen molar-refractivity contribution in [2.75, 3.05) is 46.6 Å². The third-order valence-electron chi connectivity index (χ3n) is 3.53. The summed E-state index contributed by atoms with van der Waals surface area (Å²) >= 11 is 0. The molecular formula is C14H29NO3. The molecule has 0 atom stereocenters. The molecule has 0 aromatic carbocycles. The minimum Gasteiger partial charge on any atom is -0.382 e. The first-order chi connectivity index (χ1) is 8.83. The second-order valence-corrected chi connectivity index (χ2v) is 4.98. The lowest BCUT2D eigenvalue weighted by Crippen LogP contribution is -2.45. The molecule has 1 aliphatic carbocycles. The normalized spacial score (nSPS) is 19.0. The van der Waals surface area contributed by atoms with Crippen molar-refractivity contribution in [2.45, 2.75) is 44.6 Å². The highest BCUT2D eigenvalue weighted by Crippen LogP contribution is 2.31. The molecule has 0 heterocycles. The van der Waals surface area contributed by atoms with E-state index in [4.69, 9.17) is 14.2 Å². The molecule has 1 fully saturated rings. The second kappa shape index (κ2) is 9.73. The first-order valence-electron chi connectivity index (χ1n) is 7.24. The number of rotatable bonds is 10. The van der Waals surface area contributed by atoms with Crippen molar-refractivity contribution in [1.29, 1.82) is 0 Å². The van der Waals surface area contributed by atoms with E-state index in [1.807, 2.05) is 0 Å². The average Bonchev–Trinajstić information content (AvgIpc) is 2.42. The fourth-order valence-electron chi connectivity index (χ4n) is 2.48. The molecule has 1 rings (SSSR count). The molecule has 0 bridgehead atoms. The summed E-state index contributed by atoms with van der Waals surface area (Å²) in [6.07, 6.45) is 6.28. The fraction of sp³-hybridized carbons (Fsp3) is 1.00. The molecule has 0 saturated heterocycles. The van der Waals surface area contributed by atoms with Gasteiger partial charge in [-0.15, -0.1) is 0 Å². The Bertz CT molecular complexity index is 193. The van der Waals surface area contributed by atoms with Crippen molar-refractivity contribution >= 4 is 0 Å². The number of hydrogen-bond acceptors (Lipinski definition) is 4. The minimum atomic E-state index is 0.0544. The van der Waals surface area contributed by atoms with Gasteiger partial charge < -0.3 is 19.5 Å². The van der Waals surface area contributed by atoms with Crippen molar-refractivity contribution in [1.82, 2.24) is 5.32 Å². The van der Waals surface area contributed by atoms with Crippen LogP contribution >= 0.6 is 0 Å². The van der Waals surface area contributed by atoms with Crippen molar-refractivity contribution in [2.24, 2.45) is 0 Å². The van der Waals surface area contributed by atoms with E-state index >= 15 is 0 Å². The van der Waals surface area contributed by atoms with Gasteiger partial charge in [0.2, 0.25) is 0 Å². The van der Waals surface area contributed by atoms with Gasteiger partial charge in [-0.2, -0.15) is 0 Å². The van der Waals surface area contributed by atoms with Crippen LogP contribution in [0.5, 0.6) is 0 Å². The van der Waals surface area contributed by atoms with Crippen LogP contribution in [0.25, 0.3) is 0 Å². The molecule has 0 aromatic rings. The Hall–Kier alpha value is -0.160. The number of ether oxygens (including phenoxy) is 3. The minimum absolute atomic E-state index is 0.0544. The van der Waals surface area contributed by atoms with Crippen LogP contribution in [0.15, 0.2) is 0 Å². The van der Waals surface area contributed by atoms with Gasteiger partial charge in [0, 0.05) is 13.7 Å². The topological polar surface area (TPSA) is 39.7 Å². The van der Waals surface area contributed by atoms with E-state index in [2.05, 4.69) is 12.2 Å². The third kappa shape index (κ3) is 6.14. The van der Waals surface area contributed by atoms with E-state index in [0.29, 0.717) is 26.4 Å². The summed E-state index contributed by atoms with van der Waals surface area (Å²) in [4.78, 5) is 0. The summed E-state index contributed by atoms with van der Waals surface area (Å²) in [5.74, 6) is 0. The molecule has 0 aromatic heterocycles. The van der Waals surface area contributed by atoms with Crippen molar-refractivity contribution in [3.63, 3.8) is 0 Å². The predicted molar refractivity (Wildman–Crippen MR) is 73.0 cm³/mol. The molecule has 0 unspecified atom stereocenters. The molecule has 0 spiro atoms. The van der Waals surface area contributed by atoms with Crippen LogP contribution in [0.2, 0.25) is 0 Å². The summed E-state index contributed by atoms with van der Waals surface area (Å²) in [6.45, 7) is 6.79. The van der Waals surface area contributed by atoms with E-state index in [0.717, 1.165) is 13.1 Å². The zero-order chi connectivity index (χ0) is 13.1. The smallest absolute Gasteiger partial charge is 0.0807 e. The fourth-order valence-corrected chi connectivity index (χ4v) is 2.48. The van der Waals surface area contributed by atoms with Gasteiger partial charge in [0.25, 0.3) is 0 Å². The zero-order valence-electron chi connectivity index (χ0n) is 12.0. The van der Waals surface area contributed by atoms with Gasteiger partial charge in [0.1, 0.15) is 0 Å². The predicted octanol–water partition coefficient (Wildman–Crippen LogP) is 1.98. The molecule has 108 valence electrons. The Morgan fingerprint density at radius 2 is 1.72 bits per heavy atom. The summed E-state index contributed by atoms with van der Waals surface area (Å²) < 4.78 is 16.5. The quantitative estimate of drug-likeness (QED) is 0.609. The van der Waals surface area contributed by atoms with Crippen LogP contribution in [-0.2, 0) is 14.2 Å². The maximum Gasteiger partial charge on any atom is 0.0807 e. The summed E-state index contributed by atoms with van der Waals surface area (Å²) in [5.41, 5.74) is 0.0544. The second-order valence-electron chi connectivity index (χ2n) is 4.98. The van der Waals surface area contributed by atoms with Gasteiger partial charge in [-0.3, -0.25) is 0 Å². The lowest BCUT2D eigenvalue weighted by molar-refractivity contribution is -0.0880. The van der Waals surface area contributed by atoms with Gasteiger partial charge in [-0.1, -0.05) is 26.2 Å². The molecule has 1 aliphatic rings. The zero-order valence-corrected chi connectivity index (χ0v) is 12.0. The Labute approximate surface area is 111 Å². The highest BCUT2D eigenvalue weighted by atomic mass is 16.5. The maximum absolute atomic E-state index is 6.12. The molecule has 0 aliphatic heterocycles. The van der Waals surface area contributed by atoms with Crippen LogP contribution in [0, 0.1) is 0 Å². The van der Waals surface area contributed by atoms with Crippen molar-refractivity contribution in [3.8, 4) is 0 Å². The Balaban J connectivity index is 2.19. The third-order valence-corrected chi connectivity index (χ3v) is 3.53.